The summed E-state index contributed by atoms with van der Waals surface area (Å²) in [7, 11) is 1.76. The maximum atomic E-state index is 5.08. The Morgan fingerprint density at radius 2 is 1.89 bits per heavy atom. The Kier molecular flexibility index (Phi) is 11.9. The van der Waals surface area contributed by atoms with E-state index < -0.39 is 0 Å². The Morgan fingerprint density at radius 3 is 2.39 bits per heavy atom. The van der Waals surface area contributed by atoms with Crippen molar-refractivity contribution in [2.45, 2.75) is 59.8 Å². The number of unbranched alkanes of at least 4 members (excludes halogenated alkanes) is 1. The van der Waals surface area contributed by atoms with E-state index in [1.807, 2.05) is 0 Å². The highest BCUT2D eigenvalue weighted by Crippen LogP contribution is 2.25. The predicted octanol–water partition coefficient (Wildman–Crippen LogP) is 4.10. The van der Waals surface area contributed by atoms with Gasteiger partial charge in [-0.15, -0.1) is 0 Å². The van der Waals surface area contributed by atoms with E-state index in [-0.39, 0.29) is 0 Å². The Morgan fingerprint density at radius 1 is 1.17 bits per heavy atom. The monoisotopic (exact) mass is 257 g/mol. The normalized spacial score (nSPS) is 15.0. The van der Waals surface area contributed by atoms with Crippen molar-refractivity contribution in [1.82, 2.24) is 5.32 Å². The fraction of sp³-hybridized carbons (Fsp3) is 1.00. The minimum absolute atomic E-state index is 0.774. The van der Waals surface area contributed by atoms with Crippen LogP contribution in [0.25, 0.3) is 0 Å². The van der Waals surface area contributed by atoms with Crippen LogP contribution in [0.15, 0.2) is 0 Å². The molecule has 2 unspecified atom stereocenters. The van der Waals surface area contributed by atoms with Crippen LogP contribution >= 0.6 is 0 Å². The second kappa shape index (κ2) is 12.0. The molecule has 2 nitrogen and oxygen atoms in total. The number of rotatable bonds is 12. The third kappa shape index (κ3) is 8.93. The zero-order valence-electron chi connectivity index (χ0n) is 13.3. The summed E-state index contributed by atoms with van der Waals surface area (Å²) in [6.07, 6.45) is 6.85. The maximum absolute atomic E-state index is 5.08. The lowest BCUT2D eigenvalue weighted by Gasteiger charge is -2.26. The van der Waals surface area contributed by atoms with Gasteiger partial charge in [0.1, 0.15) is 0 Å². The number of nitrogens with one attached hydrogen (secondary N) is 1. The van der Waals surface area contributed by atoms with Crippen LogP contribution in [0, 0.1) is 17.8 Å². The third-order valence-electron chi connectivity index (χ3n) is 4.01. The summed E-state index contributed by atoms with van der Waals surface area (Å²) in [5.41, 5.74) is 0. The molecule has 0 bridgehead atoms. The number of hydrogen-bond acceptors (Lipinski definition) is 2. The molecule has 0 aromatic rings. The maximum Gasteiger partial charge on any atom is 0.0587 e. The molecule has 0 heterocycles. The first-order valence-electron chi connectivity index (χ1n) is 7.85. The van der Waals surface area contributed by atoms with E-state index in [0.29, 0.717) is 0 Å². The topological polar surface area (TPSA) is 21.3 Å². The average molecular weight is 257 g/mol. The lowest BCUT2D eigenvalue weighted by Crippen LogP contribution is -2.30. The van der Waals surface area contributed by atoms with Crippen molar-refractivity contribution in [2.24, 2.45) is 17.8 Å². The third-order valence-corrected chi connectivity index (χ3v) is 4.01. The molecule has 2 heteroatoms. The predicted molar refractivity (Wildman–Crippen MR) is 81.0 cm³/mol. The van der Waals surface area contributed by atoms with Gasteiger partial charge in [-0.3, -0.25) is 0 Å². The van der Waals surface area contributed by atoms with Crippen LogP contribution in [-0.2, 0) is 4.74 Å². The molecule has 0 radical (unpaired) electrons. The summed E-state index contributed by atoms with van der Waals surface area (Å²) in [4.78, 5) is 0. The number of hydrogen-bond donors (Lipinski definition) is 1. The second-order valence-electron chi connectivity index (χ2n) is 5.85. The van der Waals surface area contributed by atoms with Crippen molar-refractivity contribution in [1.29, 1.82) is 0 Å². The number of methoxy groups -OCH3 is 1. The zero-order chi connectivity index (χ0) is 13.8. The van der Waals surface area contributed by atoms with E-state index in [0.717, 1.165) is 37.5 Å². The lowest BCUT2D eigenvalue weighted by molar-refractivity contribution is 0.192. The van der Waals surface area contributed by atoms with Gasteiger partial charge in [-0.05, 0) is 30.7 Å². The Bertz CT molecular complexity index is 170. The van der Waals surface area contributed by atoms with Crippen LogP contribution in [-0.4, -0.2) is 26.8 Å². The fourth-order valence-electron chi connectivity index (χ4n) is 2.46. The Labute approximate surface area is 115 Å². The summed E-state index contributed by atoms with van der Waals surface area (Å²) in [6, 6.07) is 0. The highest BCUT2D eigenvalue weighted by atomic mass is 16.5. The van der Waals surface area contributed by atoms with Gasteiger partial charge < -0.3 is 10.1 Å². The van der Waals surface area contributed by atoms with Gasteiger partial charge in [-0.25, -0.2) is 0 Å². The largest absolute Gasteiger partial charge is 0.383 e. The van der Waals surface area contributed by atoms with Gasteiger partial charge in [0.25, 0.3) is 0 Å². The van der Waals surface area contributed by atoms with Crippen LogP contribution in [0.5, 0.6) is 0 Å². The van der Waals surface area contributed by atoms with E-state index in [1.54, 1.807) is 7.11 Å². The van der Waals surface area contributed by atoms with E-state index in [2.05, 4.69) is 33.0 Å². The Balaban J connectivity index is 3.98. The van der Waals surface area contributed by atoms with Crippen molar-refractivity contribution in [3.8, 4) is 0 Å². The van der Waals surface area contributed by atoms with Gasteiger partial charge in [0, 0.05) is 13.7 Å². The molecule has 1 N–H and O–H groups in total. The van der Waals surface area contributed by atoms with Gasteiger partial charge in [-0.1, -0.05) is 53.4 Å². The molecular weight excluding hydrogens is 222 g/mol. The molecule has 110 valence electrons. The van der Waals surface area contributed by atoms with E-state index in [1.165, 1.54) is 32.1 Å². The molecule has 0 spiro atoms. The quantitative estimate of drug-likeness (QED) is 0.531. The summed E-state index contributed by atoms with van der Waals surface area (Å²) in [5, 5.41) is 3.53. The summed E-state index contributed by atoms with van der Waals surface area (Å²) >= 11 is 0. The first-order valence-corrected chi connectivity index (χ1v) is 7.85. The van der Waals surface area contributed by atoms with Crippen LogP contribution in [0.1, 0.15) is 59.8 Å². The molecule has 0 saturated heterocycles. The van der Waals surface area contributed by atoms with Gasteiger partial charge in [-0.2, -0.15) is 0 Å². The lowest BCUT2D eigenvalue weighted by atomic mass is 9.83. The minimum Gasteiger partial charge on any atom is -0.383 e. The zero-order valence-corrected chi connectivity index (χ0v) is 13.3. The average Bonchev–Trinajstić information content (AvgIpc) is 2.36. The number of ether oxygens (including phenoxy) is 1. The van der Waals surface area contributed by atoms with Crippen LogP contribution in [0.2, 0.25) is 0 Å². The van der Waals surface area contributed by atoms with E-state index >= 15 is 0 Å². The van der Waals surface area contributed by atoms with Gasteiger partial charge in [0.15, 0.2) is 0 Å². The molecule has 0 aliphatic carbocycles. The summed E-state index contributed by atoms with van der Waals surface area (Å²) in [5.74, 6) is 2.50. The van der Waals surface area contributed by atoms with Crippen molar-refractivity contribution >= 4 is 0 Å². The van der Waals surface area contributed by atoms with Crippen molar-refractivity contribution in [3.63, 3.8) is 0 Å². The highest BCUT2D eigenvalue weighted by molar-refractivity contribution is 4.71. The smallest absolute Gasteiger partial charge is 0.0587 e. The summed E-state index contributed by atoms with van der Waals surface area (Å²) < 4.78 is 5.08. The minimum atomic E-state index is 0.774. The molecule has 0 aromatic carbocycles. The highest BCUT2D eigenvalue weighted by Gasteiger charge is 2.17. The van der Waals surface area contributed by atoms with Crippen molar-refractivity contribution < 1.29 is 4.74 Å². The molecule has 2 atom stereocenters. The van der Waals surface area contributed by atoms with Gasteiger partial charge in [0.2, 0.25) is 0 Å². The first kappa shape index (κ1) is 17.9. The van der Waals surface area contributed by atoms with E-state index in [9.17, 15) is 0 Å². The van der Waals surface area contributed by atoms with Crippen LogP contribution in [0.4, 0.5) is 0 Å². The molecule has 0 fully saturated rings. The second-order valence-corrected chi connectivity index (χ2v) is 5.85. The molecule has 0 rings (SSSR count). The molecule has 0 aliphatic rings. The standard InChI is InChI=1S/C16H35NO/c1-6-8-9-15(7-2)12-16(14(3)4)13-17-10-11-18-5/h14-17H,6-13H2,1-5H3. The van der Waals surface area contributed by atoms with Gasteiger partial charge >= 0.3 is 0 Å². The Hall–Kier alpha value is -0.0800. The molecular formula is C16H35NO. The van der Waals surface area contributed by atoms with Crippen molar-refractivity contribution in [3.05, 3.63) is 0 Å². The van der Waals surface area contributed by atoms with Crippen molar-refractivity contribution in [2.75, 3.05) is 26.8 Å². The molecule has 0 amide bonds. The van der Waals surface area contributed by atoms with Gasteiger partial charge in [0.05, 0.1) is 6.61 Å². The SMILES string of the molecule is CCCCC(CC)CC(CNCCOC)C(C)C. The van der Waals surface area contributed by atoms with Crippen LogP contribution < -0.4 is 5.32 Å². The summed E-state index contributed by atoms with van der Waals surface area (Å²) in [6.45, 7) is 12.3. The first-order chi connectivity index (χ1) is 8.65. The fourth-order valence-corrected chi connectivity index (χ4v) is 2.46. The van der Waals surface area contributed by atoms with E-state index in [4.69, 9.17) is 4.74 Å². The van der Waals surface area contributed by atoms with Crippen LogP contribution in [0.3, 0.4) is 0 Å². The molecule has 0 aliphatic heterocycles. The molecule has 18 heavy (non-hydrogen) atoms. The molecule has 0 saturated carbocycles. The molecule has 0 aromatic heterocycles.